The van der Waals surface area contributed by atoms with Gasteiger partial charge in [-0.25, -0.2) is 0 Å². The van der Waals surface area contributed by atoms with Crippen molar-refractivity contribution in [3.63, 3.8) is 0 Å². The fourth-order valence-corrected chi connectivity index (χ4v) is 1.80. The van der Waals surface area contributed by atoms with Crippen LogP contribution in [-0.2, 0) is 4.79 Å². The van der Waals surface area contributed by atoms with Gasteiger partial charge in [-0.05, 0) is 30.7 Å². The van der Waals surface area contributed by atoms with E-state index in [1.54, 1.807) is 24.3 Å². The molecule has 0 N–H and O–H groups in total. The molecule has 3 nitrogen and oxygen atoms in total. The summed E-state index contributed by atoms with van der Waals surface area (Å²) in [5.41, 5.74) is 0. The van der Waals surface area contributed by atoms with Gasteiger partial charge < -0.3 is 9.47 Å². The first-order chi connectivity index (χ1) is 9.75. The molecule has 104 valence electrons. The largest absolute Gasteiger partial charge is 0.494 e. The molecule has 0 aliphatic heterocycles. The maximum absolute atomic E-state index is 11.6. The maximum Gasteiger partial charge on any atom is 0.311 e. The minimum Gasteiger partial charge on any atom is -0.494 e. The average molecular weight is 291 g/mol. The minimum absolute atomic E-state index is 0.290. The van der Waals surface area contributed by atoms with Crippen LogP contribution in [0.2, 0.25) is 5.02 Å². The summed E-state index contributed by atoms with van der Waals surface area (Å²) >= 11 is 5.91. The molecule has 20 heavy (non-hydrogen) atoms. The number of hydrogen-bond acceptors (Lipinski definition) is 3. The first-order valence-electron chi connectivity index (χ1n) is 6.39. The van der Waals surface area contributed by atoms with E-state index in [1.807, 2.05) is 30.3 Å². The third kappa shape index (κ3) is 4.59. The highest BCUT2D eigenvalue weighted by atomic mass is 35.5. The van der Waals surface area contributed by atoms with Crippen LogP contribution in [0.1, 0.15) is 12.8 Å². The van der Waals surface area contributed by atoms with Crippen molar-refractivity contribution >= 4 is 17.6 Å². The fraction of sp³-hybridized carbons (Fsp3) is 0.188. The number of para-hydroxylation sites is 2. The zero-order valence-corrected chi connectivity index (χ0v) is 11.7. The Kier molecular flexibility index (Phi) is 5.44. The average Bonchev–Trinajstić information content (AvgIpc) is 2.47. The van der Waals surface area contributed by atoms with E-state index in [-0.39, 0.29) is 12.4 Å². The fourth-order valence-electron chi connectivity index (χ4n) is 1.62. The van der Waals surface area contributed by atoms with Crippen LogP contribution in [0.25, 0.3) is 0 Å². The Morgan fingerprint density at radius 2 is 1.70 bits per heavy atom. The summed E-state index contributed by atoms with van der Waals surface area (Å²) in [6.07, 6.45) is 0.885. The van der Waals surface area contributed by atoms with Crippen LogP contribution in [0, 0.1) is 0 Å². The normalized spacial score (nSPS) is 10.1. The van der Waals surface area contributed by atoms with Gasteiger partial charge in [0.1, 0.15) is 11.5 Å². The van der Waals surface area contributed by atoms with Gasteiger partial charge in [-0.1, -0.05) is 41.9 Å². The van der Waals surface area contributed by atoms with E-state index in [1.165, 1.54) is 0 Å². The standard InChI is InChI=1S/C16H15ClO3/c17-14-9-4-5-10-15(14)20-16(18)11-6-12-19-13-7-2-1-3-8-13/h1-5,7-10H,6,11-12H2. The predicted molar refractivity (Wildman–Crippen MR) is 78.3 cm³/mol. The summed E-state index contributed by atoms with van der Waals surface area (Å²) in [6, 6.07) is 16.4. The lowest BCUT2D eigenvalue weighted by Crippen LogP contribution is -2.10. The van der Waals surface area contributed by atoms with Crippen LogP contribution in [0.4, 0.5) is 0 Å². The second kappa shape index (κ2) is 7.56. The van der Waals surface area contributed by atoms with Crippen molar-refractivity contribution in [3.05, 3.63) is 59.6 Å². The first-order valence-corrected chi connectivity index (χ1v) is 6.76. The Balaban J connectivity index is 1.69. The lowest BCUT2D eigenvalue weighted by molar-refractivity contribution is -0.134. The molecule has 0 fully saturated rings. The van der Waals surface area contributed by atoms with Crippen LogP contribution in [0.3, 0.4) is 0 Å². The molecule has 0 saturated heterocycles. The van der Waals surface area contributed by atoms with Gasteiger partial charge in [0.2, 0.25) is 0 Å². The minimum atomic E-state index is -0.310. The molecule has 0 bridgehead atoms. The molecule has 4 heteroatoms. The molecule has 0 atom stereocenters. The number of halogens is 1. The van der Waals surface area contributed by atoms with Gasteiger partial charge in [0.25, 0.3) is 0 Å². The van der Waals surface area contributed by atoms with Gasteiger partial charge in [-0.3, -0.25) is 4.79 Å². The molecule has 2 rings (SSSR count). The van der Waals surface area contributed by atoms with Crippen molar-refractivity contribution in [2.45, 2.75) is 12.8 Å². The van der Waals surface area contributed by atoms with E-state index < -0.39 is 0 Å². The number of carbonyl (C=O) groups excluding carboxylic acids is 1. The zero-order valence-electron chi connectivity index (χ0n) is 10.9. The van der Waals surface area contributed by atoms with Crippen LogP contribution < -0.4 is 9.47 Å². The molecule has 0 aliphatic carbocycles. The molecule has 2 aromatic rings. The van der Waals surface area contributed by atoms with Gasteiger partial charge in [0, 0.05) is 6.42 Å². The molecule has 0 amide bonds. The van der Waals surface area contributed by atoms with Gasteiger partial charge in [-0.2, -0.15) is 0 Å². The monoisotopic (exact) mass is 290 g/mol. The Bertz CT molecular complexity index is 555. The second-order valence-electron chi connectivity index (χ2n) is 4.17. The lowest BCUT2D eigenvalue weighted by atomic mass is 10.3. The second-order valence-corrected chi connectivity index (χ2v) is 4.58. The third-order valence-corrected chi connectivity index (χ3v) is 2.91. The van der Waals surface area contributed by atoms with E-state index in [2.05, 4.69) is 0 Å². The van der Waals surface area contributed by atoms with Crippen LogP contribution >= 0.6 is 11.6 Å². The van der Waals surface area contributed by atoms with E-state index in [4.69, 9.17) is 21.1 Å². The Morgan fingerprint density at radius 3 is 2.45 bits per heavy atom. The summed E-state index contributed by atoms with van der Waals surface area (Å²) in [4.78, 5) is 11.6. The number of rotatable bonds is 6. The van der Waals surface area contributed by atoms with Crippen molar-refractivity contribution in [2.24, 2.45) is 0 Å². The lowest BCUT2D eigenvalue weighted by Gasteiger charge is -2.07. The van der Waals surface area contributed by atoms with Crippen molar-refractivity contribution in [2.75, 3.05) is 6.61 Å². The molecule has 0 aliphatic rings. The topological polar surface area (TPSA) is 35.5 Å². The number of carbonyl (C=O) groups is 1. The molecule has 0 aromatic heterocycles. The van der Waals surface area contributed by atoms with Crippen LogP contribution in [0.5, 0.6) is 11.5 Å². The Labute approximate surface area is 123 Å². The predicted octanol–water partition coefficient (Wildman–Crippen LogP) is 4.10. The highest BCUT2D eigenvalue weighted by Gasteiger charge is 2.07. The summed E-state index contributed by atoms with van der Waals surface area (Å²) in [5.74, 6) is 0.880. The van der Waals surface area contributed by atoms with E-state index >= 15 is 0 Å². The van der Waals surface area contributed by atoms with Crippen LogP contribution in [-0.4, -0.2) is 12.6 Å². The van der Waals surface area contributed by atoms with E-state index in [0.29, 0.717) is 23.8 Å². The molecule has 0 unspecified atom stereocenters. The number of ether oxygens (including phenoxy) is 2. The highest BCUT2D eigenvalue weighted by Crippen LogP contribution is 2.23. The summed E-state index contributed by atoms with van der Waals surface area (Å²) in [7, 11) is 0. The van der Waals surface area contributed by atoms with Gasteiger partial charge >= 0.3 is 5.97 Å². The van der Waals surface area contributed by atoms with Crippen molar-refractivity contribution in [1.82, 2.24) is 0 Å². The number of hydrogen-bond donors (Lipinski definition) is 0. The van der Waals surface area contributed by atoms with Crippen LogP contribution in [0.15, 0.2) is 54.6 Å². The van der Waals surface area contributed by atoms with Gasteiger partial charge in [-0.15, -0.1) is 0 Å². The van der Waals surface area contributed by atoms with Gasteiger partial charge in [0.15, 0.2) is 0 Å². The smallest absolute Gasteiger partial charge is 0.311 e. The quantitative estimate of drug-likeness (QED) is 0.456. The molecule has 0 radical (unpaired) electrons. The number of esters is 1. The maximum atomic E-state index is 11.6. The Hall–Kier alpha value is -2.00. The van der Waals surface area contributed by atoms with Crippen molar-refractivity contribution in [1.29, 1.82) is 0 Å². The van der Waals surface area contributed by atoms with E-state index in [9.17, 15) is 4.79 Å². The Morgan fingerprint density at radius 1 is 1.00 bits per heavy atom. The SMILES string of the molecule is O=C(CCCOc1ccccc1)Oc1ccccc1Cl. The van der Waals surface area contributed by atoms with E-state index in [0.717, 1.165) is 5.75 Å². The molecular formula is C16H15ClO3. The summed E-state index contributed by atoms with van der Waals surface area (Å²) in [6.45, 7) is 0.474. The summed E-state index contributed by atoms with van der Waals surface area (Å²) in [5, 5.41) is 0.432. The third-order valence-electron chi connectivity index (χ3n) is 2.60. The number of benzene rings is 2. The van der Waals surface area contributed by atoms with Crippen molar-refractivity contribution < 1.29 is 14.3 Å². The summed E-state index contributed by atoms with van der Waals surface area (Å²) < 4.78 is 10.7. The highest BCUT2D eigenvalue weighted by molar-refractivity contribution is 6.32. The first kappa shape index (κ1) is 14.4. The van der Waals surface area contributed by atoms with Gasteiger partial charge in [0.05, 0.1) is 11.6 Å². The molecule has 0 heterocycles. The molecule has 0 spiro atoms. The molecule has 0 saturated carbocycles. The molecule has 2 aromatic carbocycles. The zero-order chi connectivity index (χ0) is 14.2. The van der Waals surface area contributed by atoms with Crippen molar-refractivity contribution in [3.8, 4) is 11.5 Å². The molecular weight excluding hydrogens is 276 g/mol.